The molecular weight excluding hydrogens is 454 g/mol. The van der Waals surface area contributed by atoms with E-state index in [1.165, 1.54) is 23.9 Å². The third-order valence-corrected chi connectivity index (χ3v) is 7.79. The second-order valence-corrected chi connectivity index (χ2v) is 11.6. The molecule has 0 radical (unpaired) electrons. The Labute approximate surface area is 202 Å². The highest BCUT2D eigenvalue weighted by Crippen LogP contribution is 2.52. The van der Waals surface area contributed by atoms with Crippen molar-refractivity contribution in [2.75, 3.05) is 12.3 Å². The summed E-state index contributed by atoms with van der Waals surface area (Å²) in [6.07, 6.45) is 3.17. The molecule has 2 aromatic carbocycles. The number of rotatable bonds is 5. The molecule has 2 bridgehead atoms. The predicted molar refractivity (Wildman–Crippen MR) is 129 cm³/mol. The van der Waals surface area contributed by atoms with Gasteiger partial charge in [-0.3, -0.25) is 9.36 Å². The number of carbonyl (C=O) groups is 1. The summed E-state index contributed by atoms with van der Waals surface area (Å²) in [6, 6.07) is 13.0. The Bertz CT molecular complexity index is 1230. The van der Waals surface area contributed by atoms with Crippen LogP contribution < -0.4 is 0 Å². The molecule has 1 saturated heterocycles. The van der Waals surface area contributed by atoms with Gasteiger partial charge in [0.25, 0.3) is 0 Å². The van der Waals surface area contributed by atoms with E-state index in [4.69, 9.17) is 0 Å². The number of carbonyl (C=O) groups excluding carboxylic acids is 1. The molecule has 2 atom stereocenters. The van der Waals surface area contributed by atoms with Crippen molar-refractivity contribution in [3.8, 4) is 17.1 Å². The molecule has 1 amide bonds. The molecule has 1 saturated carbocycles. The van der Waals surface area contributed by atoms with Crippen LogP contribution in [0.4, 0.5) is 8.78 Å². The van der Waals surface area contributed by atoms with Crippen LogP contribution in [0.1, 0.15) is 40.0 Å². The molecule has 1 aliphatic heterocycles. The van der Waals surface area contributed by atoms with Gasteiger partial charge in [-0.25, -0.2) is 8.78 Å². The van der Waals surface area contributed by atoms with Crippen molar-refractivity contribution in [3.05, 3.63) is 60.2 Å². The Morgan fingerprint density at radius 2 is 1.85 bits per heavy atom. The standard InChI is InChI=1S/C26H28F2N4OS/c1-25(2)12-19-13-26(3,15-25)16-31(19)22(33)14-34-24-30-29-23(17-7-5-4-6-8-17)32(24)21-10-9-18(27)11-20(21)28/h4-11,19H,12-16H2,1-3H3/t19-,26-/m1/s1. The Hall–Kier alpha value is -2.74. The van der Waals surface area contributed by atoms with E-state index in [0.29, 0.717) is 11.0 Å². The van der Waals surface area contributed by atoms with E-state index < -0.39 is 11.6 Å². The summed E-state index contributed by atoms with van der Waals surface area (Å²) < 4.78 is 30.0. The highest BCUT2D eigenvalue weighted by molar-refractivity contribution is 7.99. The average Bonchev–Trinajstić information content (AvgIpc) is 3.29. The molecule has 1 aliphatic carbocycles. The molecular formula is C26H28F2N4OS. The topological polar surface area (TPSA) is 51.0 Å². The lowest BCUT2D eigenvalue weighted by Gasteiger charge is -2.39. The molecule has 5 nitrogen and oxygen atoms in total. The van der Waals surface area contributed by atoms with Gasteiger partial charge in [0.1, 0.15) is 11.6 Å². The highest BCUT2D eigenvalue weighted by Gasteiger charge is 2.50. The SMILES string of the molecule is CC1(C)C[C@@H]2C[C@@](C)(CN2C(=O)CSc2nnc(-c3ccccc3)n2-c2ccc(F)cc2F)C1. The van der Waals surface area contributed by atoms with E-state index in [-0.39, 0.29) is 34.2 Å². The van der Waals surface area contributed by atoms with Gasteiger partial charge in [-0.1, -0.05) is 62.9 Å². The van der Waals surface area contributed by atoms with E-state index in [0.717, 1.165) is 37.4 Å². The lowest BCUT2D eigenvalue weighted by Crippen LogP contribution is -2.38. The molecule has 5 rings (SSSR count). The molecule has 0 unspecified atom stereocenters. The van der Waals surface area contributed by atoms with E-state index >= 15 is 0 Å². The summed E-state index contributed by atoms with van der Waals surface area (Å²) in [4.78, 5) is 15.3. The molecule has 0 spiro atoms. The molecule has 2 aliphatic rings. The number of fused-ring (bicyclic) bond motifs is 2. The van der Waals surface area contributed by atoms with Crippen LogP contribution in [0.15, 0.2) is 53.7 Å². The first kappa shape index (κ1) is 23.0. The van der Waals surface area contributed by atoms with Crippen LogP contribution >= 0.6 is 11.8 Å². The zero-order chi connectivity index (χ0) is 24.1. The number of halogens is 2. The van der Waals surface area contributed by atoms with Crippen LogP contribution in [0.25, 0.3) is 17.1 Å². The van der Waals surface area contributed by atoms with Gasteiger partial charge in [0.05, 0.1) is 11.4 Å². The fourth-order valence-corrected chi connectivity index (χ4v) is 6.81. The summed E-state index contributed by atoms with van der Waals surface area (Å²) in [5.74, 6) is -0.688. The Kier molecular flexibility index (Phi) is 5.74. The zero-order valence-corrected chi connectivity index (χ0v) is 20.4. The van der Waals surface area contributed by atoms with Crippen molar-refractivity contribution < 1.29 is 13.6 Å². The van der Waals surface area contributed by atoms with E-state index in [9.17, 15) is 13.6 Å². The summed E-state index contributed by atoms with van der Waals surface area (Å²) in [5, 5.41) is 8.97. The van der Waals surface area contributed by atoms with Crippen molar-refractivity contribution in [1.82, 2.24) is 19.7 Å². The van der Waals surface area contributed by atoms with Gasteiger partial charge in [-0.15, -0.1) is 10.2 Å². The number of likely N-dealkylation sites (tertiary alicyclic amines) is 1. The van der Waals surface area contributed by atoms with Crippen molar-refractivity contribution in [3.63, 3.8) is 0 Å². The first-order chi connectivity index (χ1) is 16.1. The quantitative estimate of drug-likeness (QED) is 0.436. The third-order valence-electron chi connectivity index (χ3n) is 6.88. The van der Waals surface area contributed by atoms with Crippen LogP contribution in [-0.4, -0.2) is 43.9 Å². The normalized spacial score (nSPS) is 23.3. The average molecular weight is 483 g/mol. The van der Waals surface area contributed by atoms with Gasteiger partial charge in [0.2, 0.25) is 5.91 Å². The number of hydrogen-bond acceptors (Lipinski definition) is 4. The van der Waals surface area contributed by atoms with Gasteiger partial charge in [0, 0.05) is 24.2 Å². The molecule has 8 heteroatoms. The van der Waals surface area contributed by atoms with Gasteiger partial charge >= 0.3 is 0 Å². The summed E-state index contributed by atoms with van der Waals surface area (Å²) in [7, 11) is 0. The predicted octanol–water partition coefficient (Wildman–Crippen LogP) is 5.73. The van der Waals surface area contributed by atoms with Gasteiger partial charge in [-0.05, 0) is 42.2 Å². The number of nitrogens with zero attached hydrogens (tertiary/aromatic N) is 4. The molecule has 1 aromatic heterocycles. The number of thioether (sulfide) groups is 1. The van der Waals surface area contributed by atoms with Crippen LogP contribution in [0, 0.1) is 22.5 Å². The molecule has 0 N–H and O–H groups in total. The summed E-state index contributed by atoms with van der Waals surface area (Å²) in [5.41, 5.74) is 1.28. The largest absolute Gasteiger partial charge is 0.338 e. The monoisotopic (exact) mass is 482 g/mol. The molecule has 2 heterocycles. The summed E-state index contributed by atoms with van der Waals surface area (Å²) >= 11 is 1.24. The van der Waals surface area contributed by atoms with Crippen molar-refractivity contribution in [1.29, 1.82) is 0 Å². The first-order valence-electron chi connectivity index (χ1n) is 11.5. The molecule has 34 heavy (non-hydrogen) atoms. The smallest absolute Gasteiger partial charge is 0.233 e. The Morgan fingerprint density at radius 1 is 1.09 bits per heavy atom. The second kappa shape index (κ2) is 8.48. The van der Waals surface area contributed by atoms with E-state index in [1.54, 1.807) is 4.57 Å². The molecule has 2 fully saturated rings. The minimum absolute atomic E-state index is 0.0619. The fraction of sp³-hybridized carbons (Fsp3) is 0.423. The van der Waals surface area contributed by atoms with Crippen LogP contribution in [0.5, 0.6) is 0 Å². The molecule has 3 aromatic rings. The van der Waals surface area contributed by atoms with Gasteiger partial charge in [-0.2, -0.15) is 0 Å². The maximum atomic E-state index is 14.8. The maximum absolute atomic E-state index is 14.8. The third kappa shape index (κ3) is 4.35. The number of benzene rings is 2. The number of aromatic nitrogens is 3. The van der Waals surface area contributed by atoms with E-state index in [1.807, 2.05) is 35.2 Å². The first-order valence-corrected chi connectivity index (χ1v) is 12.5. The Morgan fingerprint density at radius 3 is 2.59 bits per heavy atom. The molecule has 178 valence electrons. The fourth-order valence-electron chi connectivity index (χ4n) is 5.98. The highest BCUT2D eigenvalue weighted by atomic mass is 32.2. The lowest BCUT2D eigenvalue weighted by molar-refractivity contribution is -0.129. The number of amides is 1. The second-order valence-electron chi connectivity index (χ2n) is 10.6. The van der Waals surface area contributed by atoms with Crippen LogP contribution in [0.2, 0.25) is 0 Å². The van der Waals surface area contributed by atoms with Crippen molar-refractivity contribution >= 4 is 17.7 Å². The van der Waals surface area contributed by atoms with Crippen LogP contribution in [0.3, 0.4) is 0 Å². The summed E-state index contributed by atoms with van der Waals surface area (Å²) in [6.45, 7) is 7.62. The van der Waals surface area contributed by atoms with Crippen LogP contribution in [-0.2, 0) is 4.79 Å². The van der Waals surface area contributed by atoms with Crippen molar-refractivity contribution in [2.45, 2.75) is 51.2 Å². The van der Waals surface area contributed by atoms with Gasteiger partial charge < -0.3 is 4.90 Å². The lowest BCUT2D eigenvalue weighted by atomic mass is 9.65. The minimum atomic E-state index is -0.714. The van der Waals surface area contributed by atoms with Gasteiger partial charge in [0.15, 0.2) is 11.0 Å². The minimum Gasteiger partial charge on any atom is -0.338 e. The van der Waals surface area contributed by atoms with Crippen molar-refractivity contribution in [2.24, 2.45) is 10.8 Å². The number of hydrogen-bond donors (Lipinski definition) is 0. The maximum Gasteiger partial charge on any atom is 0.233 e. The Balaban J connectivity index is 1.42. The van der Waals surface area contributed by atoms with E-state index in [2.05, 4.69) is 31.0 Å². The zero-order valence-electron chi connectivity index (χ0n) is 19.6.